The summed E-state index contributed by atoms with van der Waals surface area (Å²) in [5.41, 5.74) is 8.92. The predicted molar refractivity (Wildman–Crippen MR) is 128 cm³/mol. The summed E-state index contributed by atoms with van der Waals surface area (Å²) in [6, 6.07) is 12.0. The molecule has 0 aliphatic carbocycles. The minimum absolute atomic E-state index is 0.826. The van der Waals surface area contributed by atoms with Crippen molar-refractivity contribution >= 4 is 65.7 Å². The van der Waals surface area contributed by atoms with Crippen molar-refractivity contribution in [1.29, 1.82) is 0 Å². The smallest absolute Gasteiger partial charge is 0.0999 e. The first kappa shape index (κ1) is 17.4. The van der Waals surface area contributed by atoms with Gasteiger partial charge < -0.3 is 0 Å². The zero-order valence-corrected chi connectivity index (χ0v) is 17.5. The van der Waals surface area contributed by atoms with Gasteiger partial charge in [0.05, 0.1) is 44.1 Å². The summed E-state index contributed by atoms with van der Waals surface area (Å²) in [6.45, 7) is 4.17. The van der Waals surface area contributed by atoms with E-state index in [1.54, 1.807) is 12.4 Å². The highest BCUT2D eigenvalue weighted by Crippen LogP contribution is 2.38. The van der Waals surface area contributed by atoms with Crippen LogP contribution in [0.25, 0.3) is 65.7 Å². The Morgan fingerprint density at radius 3 is 1.34 bits per heavy atom. The first-order chi connectivity index (χ1) is 15.7. The van der Waals surface area contributed by atoms with Crippen molar-refractivity contribution in [2.75, 3.05) is 0 Å². The Labute approximate surface area is 182 Å². The summed E-state index contributed by atoms with van der Waals surface area (Å²) < 4.78 is 0. The van der Waals surface area contributed by atoms with E-state index in [9.17, 15) is 0 Å². The van der Waals surface area contributed by atoms with Crippen molar-refractivity contribution in [3.63, 3.8) is 0 Å². The number of rotatable bonds is 0. The molecule has 0 saturated heterocycles. The predicted octanol–water partition coefficient (Wildman–Crippen LogP) is 5.59. The Morgan fingerprint density at radius 2 is 0.875 bits per heavy atom. The van der Waals surface area contributed by atoms with Crippen LogP contribution in [0.4, 0.5) is 0 Å². The third kappa shape index (κ3) is 2.13. The number of hydrogen-bond acceptors (Lipinski definition) is 6. The van der Waals surface area contributed by atoms with Crippen molar-refractivity contribution in [2.24, 2.45) is 0 Å². The van der Waals surface area contributed by atoms with Crippen LogP contribution in [0, 0.1) is 13.8 Å². The van der Waals surface area contributed by atoms with Gasteiger partial charge in [-0.1, -0.05) is 0 Å². The van der Waals surface area contributed by atoms with E-state index in [0.29, 0.717) is 0 Å². The molecule has 6 heteroatoms. The molecular formula is C26H16N6. The number of aryl methyl sites for hydroxylation is 2. The van der Waals surface area contributed by atoms with Gasteiger partial charge in [-0.2, -0.15) is 0 Å². The second-order valence-electron chi connectivity index (χ2n) is 8.12. The van der Waals surface area contributed by atoms with E-state index < -0.39 is 0 Å². The highest BCUT2D eigenvalue weighted by Gasteiger charge is 2.19. The molecule has 150 valence electrons. The molecule has 7 rings (SSSR count). The number of hydrogen-bond donors (Lipinski definition) is 0. The third-order valence-corrected chi connectivity index (χ3v) is 6.26. The lowest BCUT2D eigenvalue weighted by Gasteiger charge is -2.13. The van der Waals surface area contributed by atoms with E-state index in [-0.39, 0.29) is 0 Å². The summed E-state index contributed by atoms with van der Waals surface area (Å²) >= 11 is 0. The second kappa shape index (κ2) is 6.11. The molecule has 0 aliphatic heterocycles. The maximum atomic E-state index is 5.24. The number of pyridine rings is 4. The first-order valence-electron chi connectivity index (χ1n) is 10.5. The lowest BCUT2D eigenvalue weighted by Crippen LogP contribution is -1.98. The van der Waals surface area contributed by atoms with E-state index in [0.717, 1.165) is 76.8 Å². The lowest BCUT2D eigenvalue weighted by atomic mass is 10.00. The summed E-state index contributed by atoms with van der Waals surface area (Å²) in [5, 5.41) is 3.87. The molecule has 0 unspecified atom stereocenters. The standard InChI is InChI=1S/C26H16N6/c1-13-7-11-29-23-17(13)25-26(18-14(2)8-12-30-24(18)23)32-22-16-6-4-10-28-20(16)19-15(21(22)31-25)5-3-9-27-19/h3-12H,1-2H3. The Morgan fingerprint density at radius 1 is 0.438 bits per heavy atom. The average Bonchev–Trinajstić information content (AvgIpc) is 2.83. The summed E-state index contributed by atoms with van der Waals surface area (Å²) in [7, 11) is 0. The van der Waals surface area contributed by atoms with Crippen LogP contribution in [0.15, 0.2) is 61.2 Å². The fourth-order valence-corrected chi connectivity index (χ4v) is 4.80. The third-order valence-electron chi connectivity index (χ3n) is 6.26. The van der Waals surface area contributed by atoms with Crippen LogP contribution < -0.4 is 0 Å². The quantitative estimate of drug-likeness (QED) is 0.239. The van der Waals surface area contributed by atoms with Gasteiger partial charge in [0.1, 0.15) is 0 Å². The van der Waals surface area contributed by atoms with Crippen LogP contribution in [0.3, 0.4) is 0 Å². The van der Waals surface area contributed by atoms with Crippen molar-refractivity contribution in [3.8, 4) is 0 Å². The molecule has 7 aromatic rings. The van der Waals surface area contributed by atoms with Gasteiger partial charge in [-0.15, -0.1) is 0 Å². The second-order valence-corrected chi connectivity index (χ2v) is 8.12. The van der Waals surface area contributed by atoms with Crippen LogP contribution in [-0.4, -0.2) is 29.9 Å². The van der Waals surface area contributed by atoms with E-state index in [4.69, 9.17) is 19.9 Å². The fourth-order valence-electron chi connectivity index (χ4n) is 4.80. The van der Waals surface area contributed by atoms with E-state index in [1.807, 2.05) is 48.8 Å². The summed E-state index contributed by atoms with van der Waals surface area (Å²) in [5.74, 6) is 0. The van der Waals surface area contributed by atoms with Gasteiger partial charge >= 0.3 is 0 Å². The molecule has 6 nitrogen and oxygen atoms in total. The van der Waals surface area contributed by atoms with Gasteiger partial charge in [-0.25, -0.2) is 9.97 Å². The summed E-state index contributed by atoms with van der Waals surface area (Å²) in [4.78, 5) is 29.1. The van der Waals surface area contributed by atoms with Crippen molar-refractivity contribution in [1.82, 2.24) is 29.9 Å². The molecule has 0 bridgehead atoms. The minimum atomic E-state index is 0.826. The van der Waals surface area contributed by atoms with E-state index >= 15 is 0 Å². The van der Waals surface area contributed by atoms with Gasteiger partial charge in [-0.3, -0.25) is 19.9 Å². The van der Waals surface area contributed by atoms with Gasteiger partial charge in [0.25, 0.3) is 0 Å². The van der Waals surface area contributed by atoms with E-state index in [1.165, 1.54) is 0 Å². The van der Waals surface area contributed by atoms with Gasteiger partial charge in [0, 0.05) is 46.3 Å². The Bertz CT molecular complexity index is 1770. The van der Waals surface area contributed by atoms with Crippen LogP contribution >= 0.6 is 0 Å². The van der Waals surface area contributed by atoms with Crippen LogP contribution in [0.1, 0.15) is 11.1 Å². The van der Waals surface area contributed by atoms with E-state index in [2.05, 4.69) is 23.8 Å². The topological polar surface area (TPSA) is 77.3 Å². The molecule has 0 atom stereocenters. The molecule has 0 amide bonds. The van der Waals surface area contributed by atoms with Crippen molar-refractivity contribution < 1.29 is 0 Å². The zero-order chi connectivity index (χ0) is 21.4. The fraction of sp³-hybridized carbons (Fsp3) is 0.0769. The molecule has 0 aliphatic rings. The van der Waals surface area contributed by atoms with Crippen molar-refractivity contribution in [2.45, 2.75) is 13.8 Å². The number of aromatic nitrogens is 6. The number of benzene rings is 2. The molecule has 0 saturated carbocycles. The number of fused-ring (bicyclic) bond motifs is 12. The molecule has 2 aromatic carbocycles. The van der Waals surface area contributed by atoms with Crippen molar-refractivity contribution in [3.05, 3.63) is 72.3 Å². The van der Waals surface area contributed by atoms with Gasteiger partial charge in [-0.05, 0) is 61.4 Å². The molecular weight excluding hydrogens is 396 g/mol. The van der Waals surface area contributed by atoms with Crippen LogP contribution in [0.2, 0.25) is 0 Å². The molecule has 0 spiro atoms. The highest BCUT2D eigenvalue weighted by atomic mass is 14.9. The lowest BCUT2D eigenvalue weighted by molar-refractivity contribution is 1.32. The molecule has 0 fully saturated rings. The van der Waals surface area contributed by atoms with Crippen LogP contribution in [0.5, 0.6) is 0 Å². The average molecular weight is 412 g/mol. The first-order valence-corrected chi connectivity index (χ1v) is 10.5. The largest absolute Gasteiger partial charge is 0.254 e. The molecule has 5 heterocycles. The maximum absolute atomic E-state index is 5.24. The minimum Gasteiger partial charge on any atom is -0.254 e. The normalized spacial score (nSPS) is 12.1. The highest BCUT2D eigenvalue weighted by molar-refractivity contribution is 6.26. The Balaban J connectivity index is 1.88. The monoisotopic (exact) mass is 412 g/mol. The maximum Gasteiger partial charge on any atom is 0.0999 e. The number of nitrogens with zero attached hydrogens (tertiary/aromatic N) is 6. The SMILES string of the molecule is Cc1ccnc2c3nccc(C)c3c3nc4c5cccnc5c5ncccc5c4nc3c12. The van der Waals surface area contributed by atoms with Gasteiger partial charge in [0.2, 0.25) is 0 Å². The Kier molecular flexibility index (Phi) is 3.31. The Hall–Kier alpha value is -4.32. The van der Waals surface area contributed by atoms with Gasteiger partial charge in [0.15, 0.2) is 0 Å². The molecule has 0 radical (unpaired) electrons. The molecule has 0 N–H and O–H groups in total. The molecule has 32 heavy (non-hydrogen) atoms. The van der Waals surface area contributed by atoms with Crippen LogP contribution in [-0.2, 0) is 0 Å². The summed E-state index contributed by atoms with van der Waals surface area (Å²) in [6.07, 6.45) is 7.26. The zero-order valence-electron chi connectivity index (χ0n) is 17.5. The molecule has 5 aromatic heterocycles.